The molecular weight excluding hydrogens is 286 g/mol. The van der Waals surface area contributed by atoms with Crippen LogP contribution in [-0.4, -0.2) is 48.6 Å². The van der Waals surface area contributed by atoms with Crippen LogP contribution in [0.2, 0.25) is 0 Å². The normalized spacial score (nSPS) is 17.1. The average Bonchev–Trinajstić information content (AvgIpc) is 2.50. The van der Waals surface area contributed by atoms with Gasteiger partial charge in [0.15, 0.2) is 0 Å². The first kappa shape index (κ1) is 17.8. The molecule has 128 valence electrons. The van der Waals surface area contributed by atoms with E-state index in [1.807, 2.05) is 4.90 Å². The van der Waals surface area contributed by atoms with Crippen molar-refractivity contribution >= 4 is 6.03 Å². The van der Waals surface area contributed by atoms with E-state index in [9.17, 15) is 4.79 Å². The van der Waals surface area contributed by atoms with Crippen LogP contribution in [0.1, 0.15) is 44.7 Å². The zero-order valence-corrected chi connectivity index (χ0v) is 15.2. The van der Waals surface area contributed by atoms with Crippen LogP contribution in [-0.2, 0) is 5.54 Å². The topological polar surface area (TPSA) is 35.6 Å². The van der Waals surface area contributed by atoms with Crippen molar-refractivity contribution in [2.45, 2.75) is 52.1 Å². The van der Waals surface area contributed by atoms with Crippen LogP contribution in [0.25, 0.3) is 0 Å². The molecule has 0 saturated carbocycles. The molecule has 4 heteroatoms. The molecule has 1 saturated heterocycles. The third-order valence-electron chi connectivity index (χ3n) is 4.92. The maximum absolute atomic E-state index is 12.8. The highest BCUT2D eigenvalue weighted by atomic mass is 16.2. The van der Waals surface area contributed by atoms with Crippen LogP contribution < -0.4 is 5.32 Å². The predicted octanol–water partition coefficient (Wildman–Crippen LogP) is 3.36. The number of hydrogen-bond donors (Lipinski definition) is 1. The Morgan fingerprint density at radius 3 is 2.35 bits per heavy atom. The van der Waals surface area contributed by atoms with E-state index in [4.69, 9.17) is 0 Å². The number of amides is 2. The molecule has 1 heterocycles. The summed E-state index contributed by atoms with van der Waals surface area (Å²) in [4.78, 5) is 17.1. The van der Waals surface area contributed by atoms with E-state index in [0.717, 1.165) is 38.0 Å². The summed E-state index contributed by atoms with van der Waals surface area (Å²) in [7, 11) is 2.15. The second-order valence-corrected chi connectivity index (χ2v) is 7.24. The summed E-state index contributed by atoms with van der Waals surface area (Å²) >= 11 is 0. The maximum atomic E-state index is 12.8. The van der Waals surface area contributed by atoms with E-state index in [1.165, 1.54) is 5.56 Å². The highest BCUT2D eigenvalue weighted by Gasteiger charge is 2.30. The van der Waals surface area contributed by atoms with Gasteiger partial charge in [-0.05, 0) is 66.2 Å². The second-order valence-electron chi connectivity index (χ2n) is 7.24. The van der Waals surface area contributed by atoms with Crippen molar-refractivity contribution in [2.24, 2.45) is 0 Å². The van der Waals surface area contributed by atoms with Gasteiger partial charge in [0.25, 0.3) is 0 Å². The molecule has 0 aliphatic carbocycles. The fraction of sp³-hybridized carbons (Fsp3) is 0.632. The number of urea groups is 1. The van der Waals surface area contributed by atoms with Gasteiger partial charge in [-0.2, -0.15) is 0 Å². The Hall–Kier alpha value is -1.55. The highest BCUT2D eigenvalue weighted by Crippen LogP contribution is 2.22. The third-order valence-corrected chi connectivity index (χ3v) is 4.92. The molecular formula is C19H31N3O. The van der Waals surface area contributed by atoms with Gasteiger partial charge < -0.3 is 15.1 Å². The van der Waals surface area contributed by atoms with Crippen molar-refractivity contribution in [1.82, 2.24) is 15.1 Å². The molecule has 2 rings (SSSR count). The maximum Gasteiger partial charge on any atom is 0.318 e. The molecule has 1 aliphatic rings. The molecule has 0 bridgehead atoms. The first-order valence-corrected chi connectivity index (χ1v) is 8.68. The summed E-state index contributed by atoms with van der Waals surface area (Å²) in [6.45, 7) is 11.2. The molecule has 1 aliphatic heterocycles. The number of carbonyl (C=O) groups excluding carboxylic acids is 1. The van der Waals surface area contributed by atoms with E-state index in [1.54, 1.807) is 0 Å². The van der Waals surface area contributed by atoms with Gasteiger partial charge in [-0.15, -0.1) is 0 Å². The van der Waals surface area contributed by atoms with Crippen molar-refractivity contribution in [2.75, 3.05) is 26.7 Å². The fourth-order valence-corrected chi connectivity index (χ4v) is 3.26. The van der Waals surface area contributed by atoms with Gasteiger partial charge in [-0.3, -0.25) is 0 Å². The van der Waals surface area contributed by atoms with E-state index in [2.05, 4.69) is 69.2 Å². The van der Waals surface area contributed by atoms with Gasteiger partial charge in [0.2, 0.25) is 0 Å². The minimum Gasteiger partial charge on any atom is -0.329 e. The van der Waals surface area contributed by atoms with E-state index < -0.39 is 0 Å². The number of benzene rings is 1. The first-order valence-electron chi connectivity index (χ1n) is 8.68. The lowest BCUT2D eigenvalue weighted by molar-refractivity contribution is 0.129. The standard InChI is InChI=1S/C19H31N3O/c1-6-22(17-11-13-21(5)14-12-17)18(23)20-19(3,4)16-9-7-15(2)8-10-16/h7-10,17H,6,11-14H2,1-5H3,(H,20,23). The third kappa shape index (κ3) is 4.47. The lowest BCUT2D eigenvalue weighted by atomic mass is 9.93. The van der Waals surface area contributed by atoms with Crippen LogP contribution in [0.4, 0.5) is 4.79 Å². The molecule has 0 aromatic heterocycles. The highest BCUT2D eigenvalue weighted by molar-refractivity contribution is 5.75. The smallest absolute Gasteiger partial charge is 0.318 e. The number of nitrogens with zero attached hydrogens (tertiary/aromatic N) is 2. The molecule has 1 aromatic rings. The largest absolute Gasteiger partial charge is 0.329 e. The lowest BCUT2D eigenvalue weighted by Crippen LogP contribution is -2.53. The minimum atomic E-state index is -0.371. The van der Waals surface area contributed by atoms with Gasteiger partial charge in [-0.25, -0.2) is 4.79 Å². The van der Waals surface area contributed by atoms with Crippen molar-refractivity contribution < 1.29 is 4.79 Å². The zero-order chi connectivity index (χ0) is 17.0. The molecule has 0 radical (unpaired) electrons. The van der Waals surface area contributed by atoms with Crippen LogP contribution in [0.15, 0.2) is 24.3 Å². The lowest BCUT2D eigenvalue weighted by Gasteiger charge is -2.39. The number of rotatable bonds is 4. The summed E-state index contributed by atoms with van der Waals surface area (Å²) in [5, 5.41) is 3.22. The molecule has 23 heavy (non-hydrogen) atoms. The van der Waals surface area contributed by atoms with Gasteiger partial charge >= 0.3 is 6.03 Å². The summed E-state index contributed by atoms with van der Waals surface area (Å²) in [6, 6.07) is 8.79. The molecule has 1 aromatic carbocycles. The predicted molar refractivity (Wildman–Crippen MR) is 95.6 cm³/mol. The van der Waals surface area contributed by atoms with Crippen molar-refractivity contribution in [3.05, 3.63) is 35.4 Å². The SMILES string of the molecule is CCN(C(=O)NC(C)(C)c1ccc(C)cc1)C1CCN(C)CC1. The van der Waals surface area contributed by atoms with E-state index >= 15 is 0 Å². The average molecular weight is 317 g/mol. The quantitative estimate of drug-likeness (QED) is 0.924. The van der Waals surface area contributed by atoms with Gasteiger partial charge in [0.05, 0.1) is 5.54 Å². The zero-order valence-electron chi connectivity index (χ0n) is 15.2. The molecule has 0 unspecified atom stereocenters. The fourth-order valence-electron chi connectivity index (χ4n) is 3.26. The second kappa shape index (κ2) is 7.35. The number of carbonyl (C=O) groups is 1. The van der Waals surface area contributed by atoms with Gasteiger partial charge in [0.1, 0.15) is 0 Å². The number of aryl methyl sites for hydroxylation is 1. The van der Waals surface area contributed by atoms with Crippen LogP contribution >= 0.6 is 0 Å². The Labute approximate surface area is 140 Å². The number of piperidine rings is 1. The van der Waals surface area contributed by atoms with E-state index in [0.29, 0.717) is 6.04 Å². The summed E-state index contributed by atoms with van der Waals surface area (Å²) in [5.41, 5.74) is 2.00. The summed E-state index contributed by atoms with van der Waals surface area (Å²) < 4.78 is 0. The summed E-state index contributed by atoms with van der Waals surface area (Å²) in [6.07, 6.45) is 2.12. The molecule has 1 fully saturated rings. The Balaban J connectivity index is 2.04. The molecule has 2 amide bonds. The van der Waals surface area contributed by atoms with Crippen molar-refractivity contribution in [1.29, 1.82) is 0 Å². The minimum absolute atomic E-state index is 0.0487. The molecule has 0 spiro atoms. The Kier molecular flexibility index (Phi) is 5.69. The molecule has 1 N–H and O–H groups in total. The number of hydrogen-bond acceptors (Lipinski definition) is 2. The van der Waals surface area contributed by atoms with Crippen LogP contribution in [0, 0.1) is 6.92 Å². The first-order chi connectivity index (χ1) is 10.8. The number of nitrogens with one attached hydrogen (secondary N) is 1. The van der Waals surface area contributed by atoms with Crippen molar-refractivity contribution in [3.8, 4) is 0 Å². The molecule has 0 atom stereocenters. The van der Waals surface area contributed by atoms with Gasteiger partial charge in [0, 0.05) is 12.6 Å². The van der Waals surface area contributed by atoms with Crippen LogP contribution in [0.3, 0.4) is 0 Å². The van der Waals surface area contributed by atoms with Gasteiger partial charge in [-0.1, -0.05) is 29.8 Å². The van der Waals surface area contributed by atoms with E-state index in [-0.39, 0.29) is 11.6 Å². The monoisotopic (exact) mass is 317 g/mol. The Morgan fingerprint density at radius 2 is 1.83 bits per heavy atom. The van der Waals surface area contributed by atoms with Crippen molar-refractivity contribution in [3.63, 3.8) is 0 Å². The Bertz CT molecular complexity index is 516. The number of likely N-dealkylation sites (tertiary alicyclic amines) is 1. The summed E-state index contributed by atoms with van der Waals surface area (Å²) in [5.74, 6) is 0. The van der Waals surface area contributed by atoms with Crippen LogP contribution in [0.5, 0.6) is 0 Å². The Morgan fingerprint density at radius 1 is 1.26 bits per heavy atom. The molecule has 4 nitrogen and oxygen atoms in total.